The molecule has 0 amide bonds. The van der Waals surface area contributed by atoms with Gasteiger partial charge in [0.05, 0.1) is 0 Å². The predicted molar refractivity (Wildman–Crippen MR) is 30.9 cm³/mol. The summed E-state index contributed by atoms with van der Waals surface area (Å²) in [7, 11) is 0. The lowest BCUT2D eigenvalue weighted by molar-refractivity contribution is 0.547. The van der Waals surface area contributed by atoms with Crippen LogP contribution in [0.15, 0.2) is 0 Å². The van der Waals surface area contributed by atoms with Crippen molar-refractivity contribution in [1.29, 1.82) is 0 Å². The van der Waals surface area contributed by atoms with Gasteiger partial charge in [0.1, 0.15) is 0 Å². The molecule has 1 nitrogen and oxygen atoms in total. The highest BCUT2D eigenvalue weighted by molar-refractivity contribution is 4.91. The van der Waals surface area contributed by atoms with Gasteiger partial charge in [-0.2, -0.15) is 0 Å². The molecular weight excluding hydrogens is 86.1 g/mol. The van der Waals surface area contributed by atoms with Gasteiger partial charge in [0.15, 0.2) is 0 Å². The Hall–Kier alpha value is -0.0400. The molecule has 1 aliphatic carbocycles. The van der Waals surface area contributed by atoms with E-state index in [9.17, 15) is 0 Å². The first-order chi connectivity index (χ1) is 3.22. The fourth-order valence-electron chi connectivity index (χ4n) is 1.00. The van der Waals surface area contributed by atoms with E-state index in [2.05, 4.69) is 13.8 Å². The Morgan fingerprint density at radius 1 is 1.57 bits per heavy atom. The van der Waals surface area contributed by atoms with Crippen LogP contribution < -0.4 is 5.73 Å². The number of nitrogens with two attached hydrogens (primary N) is 1. The molecule has 0 spiro atoms. The zero-order valence-corrected chi connectivity index (χ0v) is 5.02. The number of rotatable bonds is 1. The second-order valence-electron chi connectivity index (χ2n) is 2.81. The Kier molecular flexibility index (Phi) is 1.08. The Bertz CT molecular complexity index is 68.6. The standard InChI is InChI=1S/C6H13N/c1-4(2)5-3-6(5)7/h4-6H,3,7H2,1-2H3/t5?,6-/m1/s1. The number of hydrogen-bond acceptors (Lipinski definition) is 1. The third-order valence-electron chi connectivity index (χ3n) is 1.75. The molecule has 0 aromatic rings. The molecule has 0 aromatic carbocycles. The lowest BCUT2D eigenvalue weighted by atomic mass is 10.1. The molecule has 0 heterocycles. The largest absolute Gasteiger partial charge is 0.327 e. The zero-order chi connectivity index (χ0) is 5.44. The van der Waals surface area contributed by atoms with Crippen LogP contribution in [-0.2, 0) is 0 Å². The minimum atomic E-state index is 0.542. The van der Waals surface area contributed by atoms with Crippen molar-refractivity contribution in [2.24, 2.45) is 17.6 Å². The van der Waals surface area contributed by atoms with Gasteiger partial charge in [0, 0.05) is 6.04 Å². The van der Waals surface area contributed by atoms with Crippen molar-refractivity contribution >= 4 is 0 Å². The van der Waals surface area contributed by atoms with Crippen LogP contribution in [0.3, 0.4) is 0 Å². The van der Waals surface area contributed by atoms with E-state index in [1.54, 1.807) is 0 Å². The zero-order valence-electron chi connectivity index (χ0n) is 5.02. The highest BCUT2D eigenvalue weighted by atomic mass is 14.7. The van der Waals surface area contributed by atoms with Crippen molar-refractivity contribution in [1.82, 2.24) is 0 Å². The van der Waals surface area contributed by atoms with Crippen LogP contribution in [0.4, 0.5) is 0 Å². The molecule has 42 valence electrons. The van der Waals surface area contributed by atoms with E-state index in [1.165, 1.54) is 6.42 Å². The average Bonchev–Trinajstić information content (AvgIpc) is 2.17. The molecule has 0 aromatic heterocycles. The van der Waals surface area contributed by atoms with Gasteiger partial charge in [0.25, 0.3) is 0 Å². The molecule has 1 rings (SSSR count). The van der Waals surface area contributed by atoms with Crippen molar-refractivity contribution in [3.63, 3.8) is 0 Å². The summed E-state index contributed by atoms with van der Waals surface area (Å²) in [4.78, 5) is 0. The van der Waals surface area contributed by atoms with E-state index in [1.807, 2.05) is 0 Å². The predicted octanol–water partition coefficient (Wildman–Crippen LogP) is 0.990. The van der Waals surface area contributed by atoms with Gasteiger partial charge in [0.2, 0.25) is 0 Å². The fraction of sp³-hybridized carbons (Fsp3) is 1.00. The van der Waals surface area contributed by atoms with E-state index in [-0.39, 0.29) is 0 Å². The van der Waals surface area contributed by atoms with Crippen LogP contribution >= 0.6 is 0 Å². The van der Waals surface area contributed by atoms with Crippen LogP contribution in [0.25, 0.3) is 0 Å². The molecule has 1 aliphatic rings. The average molecular weight is 99.2 g/mol. The van der Waals surface area contributed by atoms with Gasteiger partial charge in [-0.15, -0.1) is 0 Å². The third-order valence-corrected chi connectivity index (χ3v) is 1.75. The van der Waals surface area contributed by atoms with Crippen molar-refractivity contribution in [3.05, 3.63) is 0 Å². The van der Waals surface area contributed by atoms with Crippen LogP contribution in [-0.4, -0.2) is 6.04 Å². The van der Waals surface area contributed by atoms with Gasteiger partial charge in [-0.05, 0) is 18.3 Å². The summed E-state index contributed by atoms with van der Waals surface area (Å²) in [6.45, 7) is 4.47. The maximum atomic E-state index is 5.57. The lowest BCUT2D eigenvalue weighted by Crippen LogP contribution is -2.05. The summed E-state index contributed by atoms with van der Waals surface area (Å²) in [5.74, 6) is 1.66. The van der Waals surface area contributed by atoms with Crippen LogP contribution in [0.5, 0.6) is 0 Å². The Morgan fingerprint density at radius 3 is 2.00 bits per heavy atom. The molecule has 2 N–H and O–H groups in total. The van der Waals surface area contributed by atoms with Crippen molar-refractivity contribution in [2.75, 3.05) is 0 Å². The Morgan fingerprint density at radius 2 is 2.00 bits per heavy atom. The van der Waals surface area contributed by atoms with Crippen LogP contribution in [0.1, 0.15) is 20.3 Å². The van der Waals surface area contributed by atoms with Crippen LogP contribution in [0.2, 0.25) is 0 Å². The second kappa shape index (κ2) is 1.48. The van der Waals surface area contributed by atoms with Crippen LogP contribution in [0, 0.1) is 11.8 Å². The smallest absolute Gasteiger partial charge is 0.00735 e. The van der Waals surface area contributed by atoms with E-state index < -0.39 is 0 Å². The summed E-state index contributed by atoms with van der Waals surface area (Å²) in [6, 6.07) is 0.542. The first kappa shape index (κ1) is 5.10. The molecule has 1 heteroatoms. The molecular formula is C6H13N. The SMILES string of the molecule is CC(C)C1C[C@H]1N. The Labute approximate surface area is 44.9 Å². The molecule has 1 fully saturated rings. The first-order valence-electron chi connectivity index (χ1n) is 2.97. The molecule has 0 radical (unpaired) electrons. The van der Waals surface area contributed by atoms with E-state index >= 15 is 0 Å². The van der Waals surface area contributed by atoms with Gasteiger partial charge in [-0.1, -0.05) is 13.8 Å². The topological polar surface area (TPSA) is 26.0 Å². The van der Waals surface area contributed by atoms with Gasteiger partial charge in [-0.3, -0.25) is 0 Å². The quantitative estimate of drug-likeness (QED) is 0.521. The van der Waals surface area contributed by atoms with Gasteiger partial charge >= 0.3 is 0 Å². The molecule has 0 aliphatic heterocycles. The van der Waals surface area contributed by atoms with Gasteiger partial charge < -0.3 is 5.73 Å². The highest BCUT2D eigenvalue weighted by Gasteiger charge is 2.35. The summed E-state index contributed by atoms with van der Waals surface area (Å²) in [6.07, 6.45) is 1.26. The van der Waals surface area contributed by atoms with Crippen molar-refractivity contribution < 1.29 is 0 Å². The monoisotopic (exact) mass is 99.1 g/mol. The maximum Gasteiger partial charge on any atom is 0.00735 e. The van der Waals surface area contributed by atoms with Crippen molar-refractivity contribution in [3.8, 4) is 0 Å². The lowest BCUT2D eigenvalue weighted by Gasteiger charge is -1.96. The third kappa shape index (κ3) is 0.942. The Balaban J connectivity index is 2.20. The minimum absolute atomic E-state index is 0.542. The molecule has 7 heavy (non-hydrogen) atoms. The summed E-state index contributed by atoms with van der Waals surface area (Å²) < 4.78 is 0. The fourth-order valence-corrected chi connectivity index (χ4v) is 1.00. The highest BCUT2D eigenvalue weighted by Crippen LogP contribution is 2.34. The maximum absolute atomic E-state index is 5.57. The van der Waals surface area contributed by atoms with Gasteiger partial charge in [-0.25, -0.2) is 0 Å². The molecule has 0 saturated heterocycles. The summed E-state index contributed by atoms with van der Waals surface area (Å²) in [5, 5.41) is 0. The molecule has 1 unspecified atom stereocenters. The molecule has 2 atom stereocenters. The normalized spacial score (nSPS) is 39.4. The minimum Gasteiger partial charge on any atom is -0.327 e. The number of hydrogen-bond donors (Lipinski definition) is 1. The van der Waals surface area contributed by atoms with E-state index in [4.69, 9.17) is 5.73 Å². The van der Waals surface area contributed by atoms with E-state index in [0.29, 0.717) is 6.04 Å². The first-order valence-corrected chi connectivity index (χ1v) is 2.97. The summed E-state index contributed by atoms with van der Waals surface area (Å²) in [5.41, 5.74) is 5.57. The van der Waals surface area contributed by atoms with Crippen molar-refractivity contribution in [2.45, 2.75) is 26.3 Å². The van der Waals surface area contributed by atoms with E-state index in [0.717, 1.165) is 11.8 Å². The summed E-state index contributed by atoms with van der Waals surface area (Å²) >= 11 is 0. The molecule has 1 saturated carbocycles. The second-order valence-corrected chi connectivity index (χ2v) is 2.81. The molecule has 0 bridgehead atoms.